The summed E-state index contributed by atoms with van der Waals surface area (Å²) in [6, 6.07) is 6.27. The van der Waals surface area contributed by atoms with Crippen molar-refractivity contribution in [3.8, 4) is 0 Å². The van der Waals surface area contributed by atoms with Crippen LogP contribution in [-0.4, -0.2) is 19.7 Å². The van der Waals surface area contributed by atoms with Gasteiger partial charge in [0.2, 0.25) is 4.77 Å². The highest BCUT2D eigenvalue weighted by Crippen LogP contribution is 2.27. The number of aryl methyl sites for hydroxylation is 2. The highest BCUT2D eigenvalue weighted by Gasteiger charge is 2.12. The minimum atomic E-state index is 0.418. The third-order valence-electron chi connectivity index (χ3n) is 3.09. The fourth-order valence-electron chi connectivity index (χ4n) is 2.31. The van der Waals surface area contributed by atoms with E-state index in [0.717, 1.165) is 23.0 Å². The number of aromatic nitrogens is 4. The summed E-state index contributed by atoms with van der Waals surface area (Å²) in [5.41, 5.74) is 4.21. The van der Waals surface area contributed by atoms with Crippen LogP contribution in [0.25, 0.3) is 22.1 Å². The van der Waals surface area contributed by atoms with Crippen molar-refractivity contribution < 1.29 is 0 Å². The summed E-state index contributed by atoms with van der Waals surface area (Å²) in [5.74, 6) is 0. The largest absolute Gasteiger partial charge is 0.327 e. The van der Waals surface area contributed by atoms with Gasteiger partial charge in [0.05, 0.1) is 5.52 Å². The Morgan fingerprint density at radius 2 is 2.24 bits per heavy atom. The molecule has 1 N–H and O–H groups in total. The number of fused-ring (bicyclic) bond motifs is 3. The lowest BCUT2D eigenvalue weighted by molar-refractivity contribution is 0.935. The van der Waals surface area contributed by atoms with Gasteiger partial charge < -0.3 is 4.57 Å². The summed E-state index contributed by atoms with van der Waals surface area (Å²) in [4.78, 5) is 4.35. The lowest BCUT2D eigenvalue weighted by Crippen LogP contribution is -1.94. The second-order valence-electron chi connectivity index (χ2n) is 4.04. The molecule has 3 rings (SSSR count). The quantitative estimate of drug-likeness (QED) is 0.669. The van der Waals surface area contributed by atoms with Crippen LogP contribution in [0.15, 0.2) is 18.2 Å². The van der Waals surface area contributed by atoms with Crippen molar-refractivity contribution in [1.82, 2.24) is 19.7 Å². The van der Waals surface area contributed by atoms with Crippen LogP contribution in [-0.2, 0) is 13.5 Å². The van der Waals surface area contributed by atoms with Crippen molar-refractivity contribution in [3.05, 3.63) is 28.5 Å². The monoisotopic (exact) mass is 244 g/mol. The van der Waals surface area contributed by atoms with Crippen LogP contribution in [0.1, 0.15) is 12.5 Å². The summed E-state index contributed by atoms with van der Waals surface area (Å²) in [7, 11) is 2.01. The number of nitrogens with zero attached hydrogens (tertiary/aromatic N) is 3. The smallest absolute Gasteiger partial charge is 0.215 e. The number of H-pyrrole nitrogens is 1. The molecule has 4 nitrogen and oxygen atoms in total. The molecule has 17 heavy (non-hydrogen) atoms. The molecule has 0 aliphatic carbocycles. The van der Waals surface area contributed by atoms with Gasteiger partial charge in [-0.1, -0.05) is 25.1 Å². The Morgan fingerprint density at radius 1 is 1.41 bits per heavy atom. The minimum Gasteiger partial charge on any atom is -0.327 e. The maximum Gasteiger partial charge on any atom is 0.215 e. The third-order valence-corrected chi connectivity index (χ3v) is 3.27. The molecule has 0 saturated carbocycles. The summed E-state index contributed by atoms with van der Waals surface area (Å²) < 4.78 is 2.49. The molecule has 0 aliphatic heterocycles. The Bertz CT molecular complexity index is 769. The standard InChI is InChI=1S/C12H12N4S/c1-3-7-5-4-6-8-9-11(16(2)10(7)8)13-12(17)15-14-9/h4-6H,3H2,1-2H3,(H,13,15,17). The van der Waals surface area contributed by atoms with Crippen molar-refractivity contribution in [3.63, 3.8) is 0 Å². The van der Waals surface area contributed by atoms with Gasteiger partial charge in [-0.3, -0.25) is 5.10 Å². The van der Waals surface area contributed by atoms with Crippen LogP contribution in [0, 0.1) is 4.77 Å². The van der Waals surface area contributed by atoms with Crippen LogP contribution >= 0.6 is 12.2 Å². The zero-order valence-corrected chi connectivity index (χ0v) is 10.5. The first-order chi connectivity index (χ1) is 8.22. The lowest BCUT2D eigenvalue weighted by atomic mass is 10.1. The van der Waals surface area contributed by atoms with Gasteiger partial charge in [-0.15, -0.1) is 0 Å². The molecule has 0 spiro atoms. The van der Waals surface area contributed by atoms with E-state index in [2.05, 4.69) is 44.9 Å². The maximum absolute atomic E-state index is 5.02. The van der Waals surface area contributed by atoms with Crippen molar-refractivity contribution in [2.45, 2.75) is 13.3 Å². The van der Waals surface area contributed by atoms with Crippen molar-refractivity contribution in [2.75, 3.05) is 0 Å². The molecular formula is C12H12N4S. The van der Waals surface area contributed by atoms with Gasteiger partial charge in [-0.05, 0) is 24.2 Å². The van der Waals surface area contributed by atoms with Gasteiger partial charge in [-0.2, -0.15) is 10.1 Å². The summed E-state index contributed by atoms with van der Waals surface area (Å²) >= 11 is 5.02. The van der Waals surface area contributed by atoms with Crippen LogP contribution < -0.4 is 0 Å². The van der Waals surface area contributed by atoms with Gasteiger partial charge in [0.15, 0.2) is 5.65 Å². The predicted octanol–water partition coefficient (Wildman–Crippen LogP) is 2.74. The van der Waals surface area contributed by atoms with E-state index in [-0.39, 0.29) is 0 Å². The first-order valence-corrected chi connectivity index (χ1v) is 5.96. The second kappa shape index (κ2) is 3.63. The number of hydrogen-bond donors (Lipinski definition) is 1. The maximum atomic E-state index is 5.02. The Hall–Kier alpha value is -1.75. The summed E-state index contributed by atoms with van der Waals surface area (Å²) in [6.07, 6.45) is 0.992. The average molecular weight is 244 g/mol. The molecule has 1 aromatic carbocycles. The zero-order valence-electron chi connectivity index (χ0n) is 9.69. The molecule has 2 aromatic heterocycles. The number of aromatic amines is 1. The first kappa shape index (κ1) is 10.4. The molecule has 0 aliphatic rings. The number of nitrogens with one attached hydrogen (secondary N) is 1. The van der Waals surface area contributed by atoms with Crippen LogP contribution in [0.4, 0.5) is 0 Å². The molecule has 0 fully saturated rings. The zero-order chi connectivity index (χ0) is 12.0. The van der Waals surface area contributed by atoms with Gasteiger partial charge in [-0.25, -0.2) is 0 Å². The number of para-hydroxylation sites is 1. The van der Waals surface area contributed by atoms with Crippen molar-refractivity contribution in [2.24, 2.45) is 7.05 Å². The molecule has 0 unspecified atom stereocenters. The van der Waals surface area contributed by atoms with E-state index < -0.39 is 0 Å². The van der Waals surface area contributed by atoms with Crippen LogP contribution in [0.5, 0.6) is 0 Å². The first-order valence-electron chi connectivity index (χ1n) is 5.55. The van der Waals surface area contributed by atoms with Crippen LogP contribution in [0.2, 0.25) is 0 Å². The molecule has 2 heterocycles. The summed E-state index contributed by atoms with van der Waals surface area (Å²) in [5, 5.41) is 8.18. The average Bonchev–Trinajstić information content (AvgIpc) is 2.63. The SMILES string of the molecule is CCc1cccc2c3n[nH]c(=S)nc3n(C)c12. The molecule has 5 heteroatoms. The number of benzene rings is 1. The molecule has 0 atom stereocenters. The molecule has 86 valence electrons. The molecule has 0 bridgehead atoms. The number of hydrogen-bond acceptors (Lipinski definition) is 3. The number of rotatable bonds is 1. The van der Waals surface area contributed by atoms with E-state index in [1.807, 2.05) is 7.05 Å². The molecule has 0 amide bonds. The highest BCUT2D eigenvalue weighted by atomic mass is 32.1. The highest BCUT2D eigenvalue weighted by molar-refractivity contribution is 7.71. The molecular weight excluding hydrogens is 232 g/mol. The fourth-order valence-corrected chi connectivity index (χ4v) is 2.44. The second-order valence-corrected chi connectivity index (χ2v) is 4.43. The van der Waals surface area contributed by atoms with Crippen LogP contribution in [0.3, 0.4) is 0 Å². The molecule has 0 saturated heterocycles. The molecule has 0 radical (unpaired) electrons. The van der Waals surface area contributed by atoms with E-state index >= 15 is 0 Å². The Balaban J connectivity index is 2.62. The Kier molecular flexibility index (Phi) is 2.22. The Labute approximate surface area is 103 Å². The summed E-state index contributed by atoms with van der Waals surface area (Å²) in [6.45, 7) is 2.15. The van der Waals surface area contributed by atoms with Gasteiger partial charge in [0.1, 0.15) is 5.52 Å². The van der Waals surface area contributed by atoms with E-state index in [0.29, 0.717) is 4.77 Å². The normalized spacial score (nSPS) is 11.4. The van der Waals surface area contributed by atoms with E-state index in [1.165, 1.54) is 11.1 Å². The van der Waals surface area contributed by atoms with Gasteiger partial charge in [0.25, 0.3) is 0 Å². The topological polar surface area (TPSA) is 46.5 Å². The van der Waals surface area contributed by atoms with Gasteiger partial charge in [0, 0.05) is 12.4 Å². The Morgan fingerprint density at radius 3 is 3.00 bits per heavy atom. The lowest BCUT2D eigenvalue weighted by Gasteiger charge is -2.02. The van der Waals surface area contributed by atoms with E-state index in [9.17, 15) is 0 Å². The van der Waals surface area contributed by atoms with E-state index in [4.69, 9.17) is 12.2 Å². The molecule has 3 aromatic rings. The van der Waals surface area contributed by atoms with Gasteiger partial charge >= 0.3 is 0 Å². The fraction of sp³-hybridized carbons (Fsp3) is 0.250. The third kappa shape index (κ3) is 1.39. The van der Waals surface area contributed by atoms with E-state index in [1.54, 1.807) is 0 Å². The van der Waals surface area contributed by atoms with Crippen molar-refractivity contribution in [1.29, 1.82) is 0 Å². The van der Waals surface area contributed by atoms with Crippen molar-refractivity contribution >= 4 is 34.3 Å². The minimum absolute atomic E-state index is 0.418. The predicted molar refractivity (Wildman–Crippen MR) is 70.6 cm³/mol.